The van der Waals surface area contributed by atoms with Gasteiger partial charge in [0, 0.05) is 12.1 Å². The third kappa shape index (κ3) is 5.03. The zero-order valence-corrected chi connectivity index (χ0v) is 21.6. The highest BCUT2D eigenvalue weighted by Crippen LogP contribution is 2.45. The molecule has 2 aromatic heterocycles. The molecule has 0 aliphatic carbocycles. The Bertz CT molecular complexity index is 1590. The lowest BCUT2D eigenvalue weighted by Crippen LogP contribution is -2.33. The van der Waals surface area contributed by atoms with Gasteiger partial charge in [0.25, 0.3) is 0 Å². The Hall–Kier alpha value is -4.66. The number of ether oxygens (including phenoxy) is 4. The number of hydrogen-bond acceptors (Lipinski definition) is 9. The highest BCUT2D eigenvalue weighted by atomic mass is 19.1. The SMILES string of the molecule is CCNC(=O)Nc1ncnc2c1ncn2C1OC(COc2c(F)cccc2C(=O)O)C2O[C@H](c3ccccc3)OC21. The topological polar surface area (TPSA) is 159 Å². The molecule has 2 saturated heterocycles. The molecule has 14 heteroatoms. The molecular formula is C27H25FN6O7. The summed E-state index contributed by atoms with van der Waals surface area (Å²) < 4.78 is 40.7. The van der Waals surface area contributed by atoms with Crippen LogP contribution in [0.3, 0.4) is 0 Å². The summed E-state index contributed by atoms with van der Waals surface area (Å²) >= 11 is 0. The Labute approximate surface area is 232 Å². The smallest absolute Gasteiger partial charge is 0.339 e. The summed E-state index contributed by atoms with van der Waals surface area (Å²) in [6.45, 7) is 1.99. The molecular weight excluding hydrogens is 539 g/mol. The average Bonchev–Trinajstić information content (AvgIpc) is 3.67. The largest absolute Gasteiger partial charge is 0.487 e. The van der Waals surface area contributed by atoms with Crippen molar-refractivity contribution < 1.29 is 38.0 Å². The van der Waals surface area contributed by atoms with E-state index in [1.165, 1.54) is 24.8 Å². The quantitative estimate of drug-likeness (QED) is 0.290. The maximum absolute atomic E-state index is 14.5. The van der Waals surface area contributed by atoms with E-state index in [4.69, 9.17) is 18.9 Å². The van der Waals surface area contributed by atoms with Crippen molar-refractivity contribution in [2.24, 2.45) is 0 Å². The lowest BCUT2D eigenvalue weighted by atomic mass is 10.1. The number of fused-ring (bicyclic) bond motifs is 2. The molecule has 5 atom stereocenters. The number of carboxylic acid groups (broad SMARTS) is 1. The minimum absolute atomic E-state index is 0.209. The van der Waals surface area contributed by atoms with Crippen LogP contribution in [-0.4, -0.2) is 68.1 Å². The number of imidazole rings is 1. The maximum atomic E-state index is 14.5. The number of carbonyl (C=O) groups excluding carboxylic acids is 1. The number of halogens is 1. The Morgan fingerprint density at radius 3 is 2.63 bits per heavy atom. The van der Waals surface area contributed by atoms with Crippen LogP contribution < -0.4 is 15.4 Å². The lowest BCUT2D eigenvalue weighted by Gasteiger charge is -2.22. The molecule has 0 saturated carbocycles. The molecule has 2 fully saturated rings. The van der Waals surface area contributed by atoms with Gasteiger partial charge in [0.05, 0.1) is 6.33 Å². The number of amides is 2. The van der Waals surface area contributed by atoms with E-state index in [2.05, 4.69) is 25.6 Å². The second-order valence-corrected chi connectivity index (χ2v) is 9.27. The highest BCUT2D eigenvalue weighted by Gasteiger charge is 2.54. The number of nitrogens with zero attached hydrogens (tertiary/aromatic N) is 4. The first-order valence-corrected chi connectivity index (χ1v) is 12.8. The van der Waals surface area contributed by atoms with E-state index in [-0.39, 0.29) is 18.0 Å². The van der Waals surface area contributed by atoms with Crippen molar-refractivity contribution in [2.45, 2.75) is 37.8 Å². The zero-order valence-electron chi connectivity index (χ0n) is 21.6. The predicted molar refractivity (Wildman–Crippen MR) is 140 cm³/mol. The molecule has 4 aromatic rings. The first-order chi connectivity index (χ1) is 19.9. The van der Waals surface area contributed by atoms with Gasteiger partial charge >= 0.3 is 12.0 Å². The van der Waals surface area contributed by atoms with Crippen LogP contribution in [-0.2, 0) is 14.2 Å². The monoisotopic (exact) mass is 564 g/mol. The van der Waals surface area contributed by atoms with Gasteiger partial charge in [-0.1, -0.05) is 36.4 Å². The third-order valence-corrected chi connectivity index (χ3v) is 6.71. The van der Waals surface area contributed by atoms with E-state index in [0.717, 1.165) is 11.6 Å². The number of aromatic nitrogens is 4. The Morgan fingerprint density at radius 2 is 1.85 bits per heavy atom. The third-order valence-electron chi connectivity index (χ3n) is 6.71. The van der Waals surface area contributed by atoms with E-state index in [0.29, 0.717) is 17.7 Å². The molecule has 4 heterocycles. The lowest BCUT2D eigenvalue weighted by molar-refractivity contribution is -0.152. The number of hydrogen-bond donors (Lipinski definition) is 3. The van der Waals surface area contributed by atoms with Gasteiger partial charge in [0.15, 0.2) is 41.1 Å². The molecule has 0 spiro atoms. The van der Waals surface area contributed by atoms with Gasteiger partial charge in [-0.05, 0) is 19.1 Å². The van der Waals surface area contributed by atoms with Crippen LogP contribution >= 0.6 is 0 Å². The summed E-state index contributed by atoms with van der Waals surface area (Å²) in [5.41, 5.74) is 1.17. The van der Waals surface area contributed by atoms with Crippen molar-refractivity contribution in [2.75, 3.05) is 18.5 Å². The van der Waals surface area contributed by atoms with Gasteiger partial charge in [0.1, 0.15) is 36.8 Å². The van der Waals surface area contributed by atoms with Gasteiger partial charge in [-0.3, -0.25) is 9.88 Å². The second-order valence-electron chi connectivity index (χ2n) is 9.27. The van der Waals surface area contributed by atoms with Crippen LogP contribution in [0.15, 0.2) is 61.2 Å². The first-order valence-electron chi connectivity index (χ1n) is 12.8. The van der Waals surface area contributed by atoms with E-state index < -0.39 is 54.4 Å². The molecule has 0 radical (unpaired) electrons. The maximum Gasteiger partial charge on any atom is 0.339 e. The molecule has 2 amide bonds. The molecule has 2 aliphatic heterocycles. The number of urea groups is 1. The Kier molecular flexibility index (Phi) is 7.17. The summed E-state index contributed by atoms with van der Waals surface area (Å²) in [6.07, 6.45) is -0.863. The molecule has 13 nitrogen and oxygen atoms in total. The predicted octanol–water partition coefficient (Wildman–Crippen LogP) is 3.26. The van der Waals surface area contributed by atoms with Gasteiger partial charge in [-0.25, -0.2) is 28.9 Å². The first kappa shape index (κ1) is 26.6. The number of anilines is 1. The second kappa shape index (κ2) is 11.1. The fourth-order valence-electron chi connectivity index (χ4n) is 4.89. The molecule has 3 N–H and O–H groups in total. The van der Waals surface area contributed by atoms with Crippen LogP contribution in [0.25, 0.3) is 11.2 Å². The van der Waals surface area contributed by atoms with Crippen LogP contribution in [0, 0.1) is 5.82 Å². The summed E-state index contributed by atoms with van der Waals surface area (Å²) in [4.78, 5) is 36.6. The molecule has 2 aliphatic rings. The normalized spacial score (nSPS) is 23.3. The summed E-state index contributed by atoms with van der Waals surface area (Å²) in [7, 11) is 0. The number of para-hydroxylation sites is 1. The van der Waals surface area contributed by atoms with Crippen molar-refractivity contribution in [1.29, 1.82) is 0 Å². The molecule has 41 heavy (non-hydrogen) atoms. The van der Waals surface area contributed by atoms with Gasteiger partial charge < -0.3 is 29.4 Å². The minimum atomic E-state index is -1.33. The van der Waals surface area contributed by atoms with Crippen molar-refractivity contribution in [3.63, 3.8) is 0 Å². The number of aromatic carboxylic acids is 1. The van der Waals surface area contributed by atoms with Crippen LogP contribution in [0.5, 0.6) is 5.75 Å². The van der Waals surface area contributed by atoms with E-state index in [1.807, 2.05) is 30.3 Å². The molecule has 4 unspecified atom stereocenters. The van der Waals surface area contributed by atoms with Crippen molar-refractivity contribution in [3.05, 3.63) is 78.1 Å². The average molecular weight is 565 g/mol. The number of carboxylic acids is 1. The molecule has 0 bridgehead atoms. The van der Waals surface area contributed by atoms with E-state index in [1.54, 1.807) is 11.5 Å². The van der Waals surface area contributed by atoms with Crippen molar-refractivity contribution >= 4 is 29.0 Å². The van der Waals surface area contributed by atoms with Gasteiger partial charge in [-0.2, -0.15) is 0 Å². The highest BCUT2D eigenvalue weighted by molar-refractivity contribution is 5.95. The summed E-state index contributed by atoms with van der Waals surface area (Å²) in [5.74, 6) is -2.33. The van der Waals surface area contributed by atoms with E-state index >= 15 is 0 Å². The number of carbonyl (C=O) groups is 2. The van der Waals surface area contributed by atoms with Crippen molar-refractivity contribution in [1.82, 2.24) is 24.8 Å². The Balaban J connectivity index is 1.31. The Morgan fingerprint density at radius 1 is 1.05 bits per heavy atom. The fourth-order valence-corrected chi connectivity index (χ4v) is 4.89. The molecule has 212 valence electrons. The van der Waals surface area contributed by atoms with Gasteiger partial charge in [0.2, 0.25) is 0 Å². The number of nitrogens with one attached hydrogen (secondary N) is 2. The van der Waals surface area contributed by atoms with Crippen LogP contribution in [0.2, 0.25) is 0 Å². The molecule has 6 rings (SSSR count). The zero-order chi connectivity index (χ0) is 28.5. The summed E-state index contributed by atoms with van der Waals surface area (Å²) in [5, 5.41) is 14.8. The van der Waals surface area contributed by atoms with Gasteiger partial charge in [-0.15, -0.1) is 0 Å². The summed E-state index contributed by atoms with van der Waals surface area (Å²) in [6, 6.07) is 12.6. The van der Waals surface area contributed by atoms with Crippen LogP contribution in [0.4, 0.5) is 15.0 Å². The van der Waals surface area contributed by atoms with E-state index in [9.17, 15) is 19.1 Å². The van der Waals surface area contributed by atoms with Crippen LogP contribution in [0.1, 0.15) is 35.4 Å². The standard InChI is InChI=1S/C27H25FN6O7/c1-2-29-27(37)33-22-18-23(31-12-30-22)34(13-32-18)24-21-20(40-26(41-21)14-7-4-3-5-8-14)17(39-24)11-38-19-15(25(35)36)9-6-10-16(19)28/h3-10,12-13,17,20-21,24,26H,2,11H2,1H3,(H,35,36)(H2,29,30,31,33,37)/t17?,20?,21?,24?,26-/m0/s1. The molecule has 2 aromatic carbocycles. The minimum Gasteiger partial charge on any atom is -0.487 e. The number of rotatable bonds is 8. The number of benzene rings is 2. The van der Waals surface area contributed by atoms with Crippen molar-refractivity contribution in [3.8, 4) is 5.75 Å². The fraction of sp³-hybridized carbons (Fsp3) is 0.296.